The van der Waals surface area contributed by atoms with Gasteiger partial charge in [-0.2, -0.15) is 0 Å². The zero-order valence-electron chi connectivity index (χ0n) is 13.6. The van der Waals surface area contributed by atoms with Crippen molar-refractivity contribution >= 4 is 0 Å². The standard InChI is InChI=1S/C18H27NO2/c1-17(2)13-7-8-18(17,3)16(10-13)19-11-12-9-14(21-4)5-6-15(12)20/h5-6,9,13,16,19-20H,7-8,10-11H2,1-4H3. The lowest BCUT2D eigenvalue weighted by Crippen LogP contribution is -2.44. The van der Waals surface area contributed by atoms with Gasteiger partial charge in [-0.15, -0.1) is 0 Å². The lowest BCUT2D eigenvalue weighted by atomic mass is 9.69. The number of nitrogens with one attached hydrogen (secondary N) is 1. The highest BCUT2D eigenvalue weighted by molar-refractivity contribution is 5.39. The highest BCUT2D eigenvalue weighted by Crippen LogP contribution is 2.65. The van der Waals surface area contributed by atoms with E-state index in [1.807, 2.05) is 6.07 Å². The largest absolute Gasteiger partial charge is 0.508 e. The van der Waals surface area contributed by atoms with Gasteiger partial charge in [0.25, 0.3) is 0 Å². The van der Waals surface area contributed by atoms with Crippen LogP contribution in [0.5, 0.6) is 11.5 Å². The molecule has 0 aliphatic heterocycles. The van der Waals surface area contributed by atoms with Gasteiger partial charge < -0.3 is 15.2 Å². The number of hydrogen-bond donors (Lipinski definition) is 2. The topological polar surface area (TPSA) is 41.5 Å². The van der Waals surface area contributed by atoms with Crippen LogP contribution < -0.4 is 10.1 Å². The number of rotatable bonds is 4. The Morgan fingerprint density at radius 1 is 1.33 bits per heavy atom. The van der Waals surface area contributed by atoms with Crippen molar-refractivity contribution < 1.29 is 9.84 Å². The summed E-state index contributed by atoms with van der Waals surface area (Å²) in [7, 11) is 1.66. The smallest absolute Gasteiger partial charge is 0.120 e. The van der Waals surface area contributed by atoms with Crippen molar-refractivity contribution in [2.75, 3.05) is 7.11 Å². The van der Waals surface area contributed by atoms with Crippen LogP contribution >= 0.6 is 0 Å². The Labute approximate surface area is 127 Å². The van der Waals surface area contributed by atoms with E-state index in [0.717, 1.165) is 17.2 Å². The van der Waals surface area contributed by atoms with E-state index < -0.39 is 0 Å². The summed E-state index contributed by atoms with van der Waals surface area (Å²) in [6, 6.07) is 5.96. The second-order valence-corrected chi connectivity index (χ2v) is 7.54. The number of hydrogen-bond acceptors (Lipinski definition) is 3. The fourth-order valence-corrected chi connectivity index (χ4v) is 4.58. The normalized spacial score (nSPS) is 33.3. The Balaban J connectivity index is 1.72. The number of benzene rings is 1. The van der Waals surface area contributed by atoms with Crippen LogP contribution in [-0.4, -0.2) is 18.3 Å². The van der Waals surface area contributed by atoms with Crippen LogP contribution in [0.3, 0.4) is 0 Å². The molecule has 2 fully saturated rings. The Hall–Kier alpha value is -1.22. The SMILES string of the molecule is COc1ccc(O)c(CNC2CC3CCC2(C)C3(C)C)c1. The maximum atomic E-state index is 10.0. The highest BCUT2D eigenvalue weighted by atomic mass is 16.5. The number of aromatic hydroxyl groups is 1. The fraction of sp³-hybridized carbons (Fsp3) is 0.667. The summed E-state index contributed by atoms with van der Waals surface area (Å²) in [5.74, 6) is 1.97. The molecule has 3 atom stereocenters. The van der Waals surface area contributed by atoms with Crippen LogP contribution in [0.2, 0.25) is 0 Å². The zero-order valence-corrected chi connectivity index (χ0v) is 13.6. The van der Waals surface area contributed by atoms with Gasteiger partial charge in [-0.1, -0.05) is 20.8 Å². The molecule has 1 aromatic carbocycles. The molecule has 3 heteroatoms. The number of phenols is 1. The molecule has 21 heavy (non-hydrogen) atoms. The summed E-state index contributed by atoms with van der Waals surface area (Å²) in [5.41, 5.74) is 1.70. The molecule has 1 aromatic rings. The minimum absolute atomic E-state index is 0.343. The minimum Gasteiger partial charge on any atom is -0.508 e. The molecule has 116 valence electrons. The molecule has 0 saturated heterocycles. The first-order valence-electron chi connectivity index (χ1n) is 7.98. The second kappa shape index (κ2) is 4.91. The zero-order chi connectivity index (χ0) is 15.3. The lowest BCUT2D eigenvalue weighted by Gasteiger charge is -2.39. The van der Waals surface area contributed by atoms with E-state index >= 15 is 0 Å². The summed E-state index contributed by atoms with van der Waals surface area (Å²) < 4.78 is 5.25. The molecule has 2 N–H and O–H groups in total. The van der Waals surface area contributed by atoms with E-state index in [1.165, 1.54) is 19.3 Å². The maximum Gasteiger partial charge on any atom is 0.120 e. The van der Waals surface area contributed by atoms with Gasteiger partial charge in [-0.05, 0) is 54.2 Å². The van der Waals surface area contributed by atoms with Gasteiger partial charge in [0.2, 0.25) is 0 Å². The number of ether oxygens (including phenoxy) is 1. The van der Waals surface area contributed by atoms with E-state index in [4.69, 9.17) is 4.74 Å². The van der Waals surface area contributed by atoms with Gasteiger partial charge >= 0.3 is 0 Å². The van der Waals surface area contributed by atoms with Crippen LogP contribution in [0.25, 0.3) is 0 Å². The predicted molar refractivity (Wildman–Crippen MR) is 84.5 cm³/mol. The molecule has 2 aliphatic rings. The third-order valence-electron chi connectivity index (χ3n) is 6.62. The summed E-state index contributed by atoms with van der Waals surface area (Å²) in [6.07, 6.45) is 3.94. The van der Waals surface area contributed by atoms with E-state index in [2.05, 4.69) is 26.1 Å². The van der Waals surface area contributed by atoms with Gasteiger partial charge in [0.15, 0.2) is 0 Å². The molecule has 0 amide bonds. The molecule has 0 heterocycles. The number of methoxy groups -OCH3 is 1. The number of fused-ring (bicyclic) bond motifs is 2. The van der Waals surface area contributed by atoms with E-state index in [1.54, 1.807) is 19.2 Å². The molecule has 2 saturated carbocycles. The van der Waals surface area contributed by atoms with E-state index in [-0.39, 0.29) is 0 Å². The monoisotopic (exact) mass is 289 g/mol. The van der Waals surface area contributed by atoms with Crippen LogP contribution in [0.15, 0.2) is 18.2 Å². The Morgan fingerprint density at radius 3 is 2.67 bits per heavy atom. The van der Waals surface area contributed by atoms with Gasteiger partial charge in [-0.3, -0.25) is 0 Å². The minimum atomic E-state index is 0.343. The first-order valence-corrected chi connectivity index (χ1v) is 7.98. The van der Waals surface area contributed by atoms with Gasteiger partial charge in [0.05, 0.1) is 7.11 Å². The fourth-order valence-electron chi connectivity index (χ4n) is 4.58. The van der Waals surface area contributed by atoms with Crippen molar-refractivity contribution in [2.24, 2.45) is 16.7 Å². The number of phenolic OH excluding ortho intramolecular Hbond substituents is 1. The summed E-state index contributed by atoms with van der Waals surface area (Å²) in [4.78, 5) is 0. The van der Waals surface area contributed by atoms with E-state index in [9.17, 15) is 5.11 Å². The van der Waals surface area contributed by atoms with Crippen molar-refractivity contribution in [2.45, 2.75) is 52.6 Å². The molecule has 3 rings (SSSR count). The van der Waals surface area contributed by atoms with Crippen molar-refractivity contribution in [3.05, 3.63) is 23.8 Å². The van der Waals surface area contributed by atoms with Gasteiger partial charge in [-0.25, -0.2) is 0 Å². The quantitative estimate of drug-likeness (QED) is 0.888. The molecular weight excluding hydrogens is 262 g/mol. The third kappa shape index (κ3) is 2.13. The summed E-state index contributed by atoms with van der Waals surface area (Å²) in [5, 5.41) is 13.7. The Morgan fingerprint density at radius 2 is 2.10 bits per heavy atom. The van der Waals surface area contributed by atoms with Crippen LogP contribution in [0.1, 0.15) is 45.6 Å². The predicted octanol–water partition coefficient (Wildman–Crippen LogP) is 3.71. The van der Waals surface area contributed by atoms with Crippen molar-refractivity contribution in [3.63, 3.8) is 0 Å². The van der Waals surface area contributed by atoms with Crippen LogP contribution in [-0.2, 0) is 6.54 Å². The highest BCUT2D eigenvalue weighted by Gasteiger charge is 2.60. The average Bonchev–Trinajstić information content (AvgIpc) is 2.79. The maximum absolute atomic E-state index is 10.0. The summed E-state index contributed by atoms with van der Waals surface area (Å²) >= 11 is 0. The van der Waals surface area contributed by atoms with Crippen molar-refractivity contribution in [1.29, 1.82) is 0 Å². The van der Waals surface area contributed by atoms with Gasteiger partial charge in [0, 0.05) is 18.2 Å². The van der Waals surface area contributed by atoms with Crippen LogP contribution in [0.4, 0.5) is 0 Å². The Bertz CT molecular complexity index is 540. The summed E-state index contributed by atoms with van der Waals surface area (Å²) in [6.45, 7) is 7.99. The molecule has 0 aromatic heterocycles. The first-order chi connectivity index (χ1) is 9.88. The lowest BCUT2D eigenvalue weighted by molar-refractivity contribution is 0.120. The molecule has 2 aliphatic carbocycles. The molecule has 0 radical (unpaired) electrons. The average molecular weight is 289 g/mol. The van der Waals surface area contributed by atoms with Crippen LogP contribution in [0, 0.1) is 16.7 Å². The molecular formula is C18H27NO2. The molecule has 0 spiro atoms. The van der Waals surface area contributed by atoms with Gasteiger partial charge in [0.1, 0.15) is 11.5 Å². The third-order valence-corrected chi connectivity index (χ3v) is 6.62. The van der Waals surface area contributed by atoms with Crippen molar-refractivity contribution in [3.8, 4) is 11.5 Å². The second-order valence-electron chi connectivity index (χ2n) is 7.54. The molecule has 2 bridgehead atoms. The Kier molecular flexibility index (Phi) is 3.44. The molecule has 3 nitrogen and oxygen atoms in total. The van der Waals surface area contributed by atoms with E-state index in [0.29, 0.717) is 29.2 Å². The first kappa shape index (κ1) is 14.7. The molecule has 3 unspecified atom stereocenters. The van der Waals surface area contributed by atoms with Crippen molar-refractivity contribution in [1.82, 2.24) is 5.32 Å².